The average Bonchev–Trinajstić information content (AvgIpc) is 2.40. The van der Waals surface area contributed by atoms with Crippen molar-refractivity contribution < 1.29 is 0 Å². The van der Waals surface area contributed by atoms with E-state index in [0.717, 1.165) is 11.6 Å². The van der Waals surface area contributed by atoms with Gasteiger partial charge in [0, 0.05) is 5.75 Å². The highest BCUT2D eigenvalue weighted by atomic mass is 32.2. The smallest absolute Gasteiger partial charge is 0.157 e. The van der Waals surface area contributed by atoms with E-state index < -0.39 is 0 Å². The van der Waals surface area contributed by atoms with Gasteiger partial charge in [0.1, 0.15) is 0 Å². The van der Waals surface area contributed by atoms with Crippen LogP contribution in [0.5, 0.6) is 0 Å². The fourth-order valence-electron chi connectivity index (χ4n) is 1.94. The van der Waals surface area contributed by atoms with Crippen LogP contribution in [-0.4, -0.2) is 17.0 Å². The Hall–Kier alpha value is -0.960. The summed E-state index contributed by atoms with van der Waals surface area (Å²) in [6.07, 6.45) is 2.36. The summed E-state index contributed by atoms with van der Waals surface area (Å²) in [7, 11) is 0. The monoisotopic (exact) mass is 248 g/mol. The lowest BCUT2D eigenvalue weighted by atomic mass is 10.1. The van der Waals surface area contributed by atoms with Crippen LogP contribution in [0.3, 0.4) is 0 Å². The molecule has 0 aromatic heterocycles. The molecule has 0 spiro atoms. The van der Waals surface area contributed by atoms with Crippen molar-refractivity contribution in [3.8, 4) is 0 Å². The minimum absolute atomic E-state index is 0.332. The molecule has 0 saturated heterocycles. The van der Waals surface area contributed by atoms with Crippen LogP contribution in [0.4, 0.5) is 0 Å². The number of hydrogen-bond acceptors (Lipinski definition) is 3. The molecule has 1 aromatic carbocycles. The number of amidine groups is 1. The minimum Gasteiger partial charge on any atom is -0.358 e. The Morgan fingerprint density at radius 1 is 1.41 bits per heavy atom. The summed E-state index contributed by atoms with van der Waals surface area (Å²) < 4.78 is 0. The fraction of sp³-hybridized carbons (Fsp3) is 0.500. The summed E-state index contributed by atoms with van der Waals surface area (Å²) >= 11 is 1.84. The van der Waals surface area contributed by atoms with E-state index in [0.29, 0.717) is 12.1 Å². The van der Waals surface area contributed by atoms with Gasteiger partial charge in [-0.15, -0.1) is 0 Å². The molecule has 0 aliphatic carbocycles. The number of rotatable bonds is 3. The van der Waals surface area contributed by atoms with Crippen molar-refractivity contribution in [3.63, 3.8) is 0 Å². The van der Waals surface area contributed by atoms with Crippen molar-refractivity contribution >= 4 is 16.9 Å². The van der Waals surface area contributed by atoms with Gasteiger partial charge in [0.25, 0.3) is 0 Å². The van der Waals surface area contributed by atoms with Gasteiger partial charge in [0.15, 0.2) is 5.17 Å². The summed E-state index contributed by atoms with van der Waals surface area (Å²) in [6.45, 7) is 4.40. The highest BCUT2D eigenvalue weighted by molar-refractivity contribution is 8.13. The second-order valence-corrected chi connectivity index (χ2v) is 5.49. The molecule has 1 aromatic rings. The van der Waals surface area contributed by atoms with E-state index in [1.165, 1.54) is 17.7 Å². The van der Waals surface area contributed by atoms with Crippen LogP contribution in [0.25, 0.3) is 0 Å². The van der Waals surface area contributed by atoms with Gasteiger partial charge >= 0.3 is 0 Å². The van der Waals surface area contributed by atoms with Gasteiger partial charge in [-0.05, 0) is 25.3 Å². The molecule has 0 amide bonds. The van der Waals surface area contributed by atoms with E-state index in [1.807, 2.05) is 11.8 Å². The van der Waals surface area contributed by atoms with Gasteiger partial charge < -0.3 is 5.32 Å². The molecule has 2 rings (SSSR count). The molecule has 92 valence electrons. The summed E-state index contributed by atoms with van der Waals surface area (Å²) in [5.41, 5.74) is 1.31. The molecule has 2 atom stereocenters. The molecule has 1 heterocycles. The van der Waals surface area contributed by atoms with Crippen LogP contribution in [0.2, 0.25) is 0 Å². The van der Waals surface area contributed by atoms with Crippen LogP contribution in [0, 0.1) is 0 Å². The summed E-state index contributed by atoms with van der Waals surface area (Å²) in [5, 5.41) is 4.62. The standard InChI is InChI=1S/C14H20N2S/c1-3-13-9-10-17-14(16-13)15-11(2)12-7-5-4-6-8-12/h4-8,11,13H,3,9-10H2,1-2H3,(H,15,16). The second-order valence-electron chi connectivity index (χ2n) is 4.41. The van der Waals surface area contributed by atoms with Crippen LogP contribution in [0.15, 0.2) is 35.3 Å². The predicted octanol–water partition coefficient (Wildman–Crippen LogP) is 3.61. The van der Waals surface area contributed by atoms with Crippen LogP contribution in [0.1, 0.15) is 38.3 Å². The normalized spacial score (nSPS) is 21.8. The number of nitrogens with zero attached hydrogens (tertiary/aromatic N) is 1. The quantitative estimate of drug-likeness (QED) is 0.883. The molecule has 0 saturated carbocycles. The van der Waals surface area contributed by atoms with Crippen molar-refractivity contribution in [1.29, 1.82) is 0 Å². The Kier molecular flexibility index (Phi) is 4.49. The van der Waals surface area contributed by atoms with Crippen molar-refractivity contribution in [3.05, 3.63) is 35.9 Å². The Morgan fingerprint density at radius 3 is 2.88 bits per heavy atom. The Labute approximate surface area is 108 Å². The number of aliphatic imine (C=N–C) groups is 1. The molecule has 1 aliphatic rings. The maximum absolute atomic E-state index is 4.73. The third kappa shape index (κ3) is 3.50. The van der Waals surface area contributed by atoms with Gasteiger partial charge in [-0.2, -0.15) is 0 Å². The first kappa shape index (κ1) is 12.5. The van der Waals surface area contributed by atoms with Gasteiger partial charge in [-0.1, -0.05) is 49.0 Å². The molecule has 0 fully saturated rings. The molecule has 17 heavy (non-hydrogen) atoms. The Balaban J connectivity index is 1.99. The van der Waals surface area contributed by atoms with E-state index in [4.69, 9.17) is 4.99 Å². The Bertz CT molecular complexity index is 375. The number of nitrogens with one attached hydrogen (secondary N) is 1. The van der Waals surface area contributed by atoms with Gasteiger partial charge in [-0.3, -0.25) is 4.99 Å². The van der Waals surface area contributed by atoms with E-state index in [9.17, 15) is 0 Å². The topological polar surface area (TPSA) is 24.4 Å². The predicted molar refractivity (Wildman–Crippen MR) is 76.6 cm³/mol. The number of hydrogen-bond donors (Lipinski definition) is 1. The average molecular weight is 248 g/mol. The largest absolute Gasteiger partial charge is 0.358 e. The Morgan fingerprint density at radius 2 is 2.18 bits per heavy atom. The van der Waals surface area contributed by atoms with Crippen molar-refractivity contribution in [2.45, 2.75) is 38.8 Å². The maximum atomic E-state index is 4.73. The molecule has 2 nitrogen and oxygen atoms in total. The maximum Gasteiger partial charge on any atom is 0.157 e. The molecule has 0 bridgehead atoms. The fourth-order valence-corrected chi connectivity index (χ4v) is 3.01. The molecular weight excluding hydrogens is 228 g/mol. The molecular formula is C14H20N2S. The summed E-state index contributed by atoms with van der Waals surface area (Å²) in [6, 6.07) is 11.4. The van der Waals surface area contributed by atoms with E-state index in [-0.39, 0.29) is 0 Å². The van der Waals surface area contributed by atoms with Gasteiger partial charge in [0.2, 0.25) is 0 Å². The summed E-state index contributed by atoms with van der Waals surface area (Å²) in [4.78, 5) is 4.73. The van der Waals surface area contributed by atoms with Gasteiger partial charge in [-0.25, -0.2) is 0 Å². The van der Waals surface area contributed by atoms with Crippen LogP contribution in [-0.2, 0) is 0 Å². The molecule has 2 unspecified atom stereocenters. The van der Waals surface area contributed by atoms with E-state index in [1.54, 1.807) is 0 Å². The first-order chi connectivity index (χ1) is 8.29. The second kappa shape index (κ2) is 6.10. The molecule has 1 N–H and O–H groups in total. The lowest BCUT2D eigenvalue weighted by Gasteiger charge is -2.22. The zero-order valence-corrected chi connectivity index (χ0v) is 11.3. The highest BCUT2D eigenvalue weighted by Gasteiger charge is 2.15. The van der Waals surface area contributed by atoms with Gasteiger partial charge in [0.05, 0.1) is 12.1 Å². The van der Waals surface area contributed by atoms with E-state index in [2.05, 4.69) is 49.5 Å². The van der Waals surface area contributed by atoms with Crippen LogP contribution >= 0.6 is 11.8 Å². The molecule has 1 aliphatic heterocycles. The zero-order valence-electron chi connectivity index (χ0n) is 10.5. The third-order valence-electron chi connectivity index (χ3n) is 3.10. The molecule has 0 radical (unpaired) electrons. The summed E-state index contributed by atoms with van der Waals surface area (Å²) in [5.74, 6) is 1.19. The number of thioether (sulfide) groups is 1. The minimum atomic E-state index is 0.332. The van der Waals surface area contributed by atoms with E-state index >= 15 is 0 Å². The van der Waals surface area contributed by atoms with Crippen molar-refractivity contribution in [2.24, 2.45) is 4.99 Å². The van der Waals surface area contributed by atoms with Crippen molar-refractivity contribution in [1.82, 2.24) is 5.32 Å². The third-order valence-corrected chi connectivity index (χ3v) is 4.04. The lowest BCUT2D eigenvalue weighted by Crippen LogP contribution is -2.28. The van der Waals surface area contributed by atoms with Crippen molar-refractivity contribution in [2.75, 3.05) is 5.75 Å². The SMILES string of the molecule is CCC1CCSC(NC(C)c2ccccc2)=N1. The zero-order chi connectivity index (χ0) is 12.1. The molecule has 3 heteroatoms. The number of benzene rings is 1. The van der Waals surface area contributed by atoms with Crippen LogP contribution < -0.4 is 5.32 Å². The first-order valence-corrected chi connectivity index (χ1v) is 7.30. The lowest BCUT2D eigenvalue weighted by molar-refractivity contribution is 0.622. The highest BCUT2D eigenvalue weighted by Crippen LogP contribution is 2.21. The first-order valence-electron chi connectivity index (χ1n) is 6.31.